The number of aromatic hydroxyl groups is 1. The molecule has 12 nitrogen and oxygen atoms in total. The van der Waals surface area contributed by atoms with E-state index in [1.165, 1.54) is 25.3 Å². The fourth-order valence-corrected chi connectivity index (χ4v) is 9.31. The van der Waals surface area contributed by atoms with Crippen molar-refractivity contribution in [3.8, 4) is 11.5 Å². The third-order valence-corrected chi connectivity index (χ3v) is 12.7. The number of carbonyl (C=O) groups excluding carboxylic acids is 2. The van der Waals surface area contributed by atoms with Crippen molar-refractivity contribution in [3.05, 3.63) is 138 Å². The molecule has 0 bridgehead atoms. The summed E-state index contributed by atoms with van der Waals surface area (Å²) >= 11 is 25.6. The molecular weight excluding hydrogens is 874 g/mol. The number of nitrogens with one attached hydrogen (secondary N) is 4. The molecule has 0 saturated heterocycles. The molecule has 286 valence electrons. The van der Waals surface area contributed by atoms with Gasteiger partial charge in [0.1, 0.15) is 15.5 Å². The average Bonchev–Trinajstić information content (AvgIpc) is 3.80. The molecule has 0 fully saturated rings. The van der Waals surface area contributed by atoms with Crippen molar-refractivity contribution in [1.29, 1.82) is 0 Å². The number of methoxy groups -OCH3 is 1. The summed E-state index contributed by atoms with van der Waals surface area (Å²) in [6.07, 6.45) is 0. The number of carbonyl (C=O) groups is 2. The number of halogens is 4. The topological polar surface area (TPSA) is 180 Å². The lowest BCUT2D eigenvalue weighted by molar-refractivity contribution is 0.102. The van der Waals surface area contributed by atoms with Crippen LogP contribution in [-0.4, -0.2) is 40.9 Å². The minimum Gasteiger partial charge on any atom is -0.505 e. The molecule has 6 rings (SSSR count). The quantitative estimate of drug-likeness (QED) is 0.0852. The number of hydrogen-bond acceptors (Lipinski definition) is 10. The lowest BCUT2D eigenvalue weighted by Crippen LogP contribution is -2.17. The largest absolute Gasteiger partial charge is 0.505 e. The summed E-state index contributed by atoms with van der Waals surface area (Å²) in [7, 11) is -6.45. The first-order chi connectivity index (χ1) is 26.1. The monoisotopic (exact) mass is 898 g/mol. The molecular formula is C35H26Cl4N4O8S4. The van der Waals surface area contributed by atoms with Crippen LogP contribution in [0.4, 0.5) is 22.7 Å². The van der Waals surface area contributed by atoms with Crippen molar-refractivity contribution in [1.82, 2.24) is 0 Å². The summed E-state index contributed by atoms with van der Waals surface area (Å²) in [4.78, 5) is 25.3. The number of hydrogen-bond donors (Lipinski definition) is 5. The number of benzene rings is 4. The van der Waals surface area contributed by atoms with Gasteiger partial charge < -0.3 is 20.5 Å². The summed E-state index contributed by atoms with van der Waals surface area (Å²) in [6.45, 7) is 0. The summed E-state index contributed by atoms with van der Waals surface area (Å²) in [6, 6.07) is 24.3. The van der Waals surface area contributed by atoms with E-state index >= 15 is 0 Å². The predicted molar refractivity (Wildman–Crippen MR) is 220 cm³/mol. The van der Waals surface area contributed by atoms with Crippen LogP contribution in [0.5, 0.6) is 11.5 Å². The molecule has 0 saturated carbocycles. The molecule has 2 heterocycles. The molecule has 2 amide bonds. The highest BCUT2D eigenvalue weighted by atomic mass is 35.5. The number of anilines is 4. The predicted octanol–water partition coefficient (Wildman–Crippen LogP) is 9.93. The molecule has 0 aliphatic rings. The first kappa shape index (κ1) is 41.6. The maximum atomic E-state index is 12.6. The Kier molecular flexibility index (Phi) is 13.6. The molecule has 0 radical (unpaired) electrons. The van der Waals surface area contributed by atoms with E-state index in [0.29, 0.717) is 27.2 Å². The van der Waals surface area contributed by atoms with Gasteiger partial charge in [0.05, 0.1) is 38.3 Å². The van der Waals surface area contributed by atoms with Crippen LogP contribution in [0.15, 0.2) is 118 Å². The van der Waals surface area contributed by atoms with Crippen LogP contribution >= 0.6 is 69.1 Å². The van der Waals surface area contributed by atoms with Gasteiger partial charge in [-0.3, -0.25) is 19.0 Å². The van der Waals surface area contributed by atoms with Crippen LogP contribution in [-0.2, 0) is 20.0 Å². The second-order valence-corrected chi connectivity index (χ2v) is 17.8. The van der Waals surface area contributed by atoms with Crippen molar-refractivity contribution in [2.24, 2.45) is 0 Å². The zero-order valence-corrected chi connectivity index (χ0v) is 34.1. The van der Waals surface area contributed by atoms with Crippen LogP contribution in [0.25, 0.3) is 0 Å². The lowest BCUT2D eigenvalue weighted by atomic mass is 10.3. The number of amides is 2. The maximum absolute atomic E-state index is 12.6. The average molecular weight is 901 g/mol. The Balaban J connectivity index is 0.000000211. The van der Waals surface area contributed by atoms with Gasteiger partial charge >= 0.3 is 0 Å². The molecule has 0 spiro atoms. The van der Waals surface area contributed by atoms with E-state index in [2.05, 4.69) is 20.1 Å². The van der Waals surface area contributed by atoms with Crippen LogP contribution in [0.3, 0.4) is 0 Å². The zero-order valence-electron chi connectivity index (χ0n) is 27.8. The number of thiophene rings is 2. The molecule has 5 N–H and O–H groups in total. The minimum atomic E-state index is -4.11. The summed E-state index contributed by atoms with van der Waals surface area (Å²) in [5.41, 5.74) is 1.28. The number of ether oxygens (including phenoxy) is 1. The normalized spacial score (nSPS) is 11.1. The van der Waals surface area contributed by atoms with E-state index < -0.39 is 37.6 Å². The second-order valence-electron chi connectivity index (χ2n) is 10.9. The lowest BCUT2D eigenvalue weighted by Gasteiger charge is -2.11. The Labute approximate surface area is 343 Å². The molecule has 4 aromatic carbocycles. The van der Waals surface area contributed by atoms with Gasteiger partial charge in [-0.15, -0.1) is 22.7 Å². The van der Waals surface area contributed by atoms with Crippen molar-refractivity contribution >= 4 is 124 Å². The van der Waals surface area contributed by atoms with Crippen LogP contribution in [0.1, 0.15) is 19.3 Å². The van der Waals surface area contributed by atoms with Crippen LogP contribution in [0, 0.1) is 0 Å². The summed E-state index contributed by atoms with van der Waals surface area (Å²) in [5.74, 6) is -0.804. The number of rotatable bonds is 11. The van der Waals surface area contributed by atoms with Gasteiger partial charge in [0.25, 0.3) is 31.9 Å². The highest BCUT2D eigenvalue weighted by molar-refractivity contribution is 7.93. The Morgan fingerprint density at radius 2 is 1.05 bits per heavy atom. The smallest absolute Gasteiger partial charge is 0.267 e. The molecule has 0 aliphatic carbocycles. The molecule has 0 atom stereocenters. The van der Waals surface area contributed by atoms with E-state index in [0.717, 1.165) is 34.8 Å². The molecule has 6 aromatic rings. The van der Waals surface area contributed by atoms with E-state index in [1.807, 2.05) is 0 Å². The molecule has 55 heavy (non-hydrogen) atoms. The van der Waals surface area contributed by atoms with Gasteiger partial charge in [-0.2, -0.15) is 0 Å². The van der Waals surface area contributed by atoms with Gasteiger partial charge in [0.2, 0.25) is 0 Å². The Morgan fingerprint density at radius 3 is 1.47 bits per heavy atom. The molecule has 20 heteroatoms. The highest BCUT2D eigenvalue weighted by Crippen LogP contribution is 2.35. The summed E-state index contributed by atoms with van der Waals surface area (Å²) < 4.78 is 60.3. The van der Waals surface area contributed by atoms with Gasteiger partial charge in [-0.25, -0.2) is 16.8 Å². The number of phenols is 1. The molecule has 2 aromatic heterocycles. The maximum Gasteiger partial charge on any atom is 0.267 e. The van der Waals surface area contributed by atoms with Gasteiger partial charge in [0, 0.05) is 21.4 Å². The van der Waals surface area contributed by atoms with E-state index in [9.17, 15) is 31.5 Å². The van der Waals surface area contributed by atoms with E-state index in [1.54, 1.807) is 77.5 Å². The third-order valence-electron chi connectivity index (χ3n) is 7.07. The van der Waals surface area contributed by atoms with E-state index in [4.69, 9.17) is 51.1 Å². The van der Waals surface area contributed by atoms with Gasteiger partial charge in [-0.1, -0.05) is 58.5 Å². The first-order valence-corrected chi connectivity index (χ1v) is 21.5. The molecule has 0 unspecified atom stereocenters. The Hall–Kier alpha value is -4.52. The Bertz CT molecular complexity index is 2560. The van der Waals surface area contributed by atoms with Crippen LogP contribution < -0.4 is 24.8 Å². The SMILES string of the molecule is COc1ccc(S(=O)(=O)Nc2ccsc2C(=O)Nc2cccc(Cl)c2)cc1.O=C(Nc1cccc(Cl)c1)c1sccc1NS(=O)(=O)c1cc(Cl)c(O)c(Cl)c1. The fraction of sp³-hybridized carbons (Fsp3) is 0.0286. The van der Waals surface area contributed by atoms with Crippen molar-refractivity contribution < 1.29 is 36.3 Å². The van der Waals surface area contributed by atoms with Crippen molar-refractivity contribution in [2.75, 3.05) is 27.2 Å². The van der Waals surface area contributed by atoms with Crippen molar-refractivity contribution in [3.63, 3.8) is 0 Å². The van der Waals surface area contributed by atoms with Crippen LogP contribution in [0.2, 0.25) is 20.1 Å². The second kappa shape index (κ2) is 18.0. The highest BCUT2D eigenvalue weighted by Gasteiger charge is 2.23. The third kappa shape index (κ3) is 10.8. The van der Waals surface area contributed by atoms with Crippen molar-refractivity contribution in [2.45, 2.75) is 9.79 Å². The number of phenolic OH excluding ortho intramolecular Hbond substituents is 1. The fourth-order valence-electron chi connectivity index (χ4n) is 4.50. The zero-order chi connectivity index (χ0) is 39.9. The Morgan fingerprint density at radius 1 is 0.618 bits per heavy atom. The number of sulfonamides is 2. The van der Waals surface area contributed by atoms with Gasteiger partial charge in [-0.05, 0) is 95.7 Å². The molecule has 0 aliphatic heterocycles. The van der Waals surface area contributed by atoms with E-state index in [-0.39, 0.29) is 41.0 Å². The van der Waals surface area contributed by atoms with Gasteiger partial charge in [0.15, 0.2) is 5.75 Å². The minimum absolute atomic E-state index is 0.0655. The first-order valence-electron chi connectivity index (χ1n) is 15.2. The summed E-state index contributed by atoms with van der Waals surface area (Å²) in [5, 5.41) is 18.7. The standard InChI is InChI=1S/C18H15ClN2O4S2.C17H11Cl3N2O4S2/c1-25-14-5-7-15(8-6-14)27(23,24)21-16-9-10-26-17(16)18(22)20-13-4-2-3-12(19)11-13;18-9-2-1-3-10(6-9)21-17(24)16-14(4-5-27-16)22-28(25,26)11-7-12(19)15(23)13(20)8-11/h2-11,21H,1H3,(H,20,22);1-8,22-23H,(H,21,24).